The van der Waals surface area contributed by atoms with Crippen LogP contribution in [0.3, 0.4) is 0 Å². The summed E-state index contributed by atoms with van der Waals surface area (Å²) >= 11 is 6.54. The first-order valence-electron chi connectivity index (χ1n) is 6.09. The molecule has 0 aliphatic carbocycles. The van der Waals surface area contributed by atoms with Crippen LogP contribution < -0.4 is 16.6 Å². The van der Waals surface area contributed by atoms with Crippen LogP contribution in [0, 0.1) is 6.92 Å². The van der Waals surface area contributed by atoms with Crippen LogP contribution in [0.25, 0.3) is 0 Å². The number of nitrogen functional groups attached to an aromatic ring is 1. The van der Waals surface area contributed by atoms with Gasteiger partial charge in [0.1, 0.15) is 6.54 Å². The number of hydrogen-bond acceptors (Lipinski definition) is 3. The number of para-hydroxylation sites is 1. The summed E-state index contributed by atoms with van der Waals surface area (Å²) in [5.41, 5.74) is 7.30. The molecule has 110 valence electrons. The lowest BCUT2D eigenvalue weighted by atomic mass is 10.2. The van der Waals surface area contributed by atoms with Crippen molar-refractivity contribution >= 4 is 49.1 Å². The molecule has 0 fully saturated rings. The van der Waals surface area contributed by atoms with Crippen molar-refractivity contribution in [3.05, 3.63) is 55.3 Å². The van der Waals surface area contributed by atoms with Crippen molar-refractivity contribution < 1.29 is 4.79 Å². The molecule has 0 radical (unpaired) electrons. The van der Waals surface area contributed by atoms with Crippen molar-refractivity contribution in [2.75, 3.05) is 11.1 Å². The maximum atomic E-state index is 12.1. The molecule has 7 heteroatoms. The van der Waals surface area contributed by atoms with Gasteiger partial charge in [0.2, 0.25) is 5.91 Å². The zero-order valence-electron chi connectivity index (χ0n) is 11.2. The van der Waals surface area contributed by atoms with Crippen LogP contribution in [0.5, 0.6) is 0 Å². The first-order valence-corrected chi connectivity index (χ1v) is 7.68. The van der Waals surface area contributed by atoms with Gasteiger partial charge in [-0.2, -0.15) is 0 Å². The monoisotopic (exact) mass is 413 g/mol. The third-order valence-electron chi connectivity index (χ3n) is 2.97. The van der Waals surface area contributed by atoms with Crippen molar-refractivity contribution in [1.82, 2.24) is 4.57 Å². The smallest absolute Gasteiger partial charge is 0.265 e. The molecule has 1 aromatic heterocycles. The van der Waals surface area contributed by atoms with Crippen LogP contribution in [0.2, 0.25) is 0 Å². The molecule has 0 bridgehead atoms. The fourth-order valence-electron chi connectivity index (χ4n) is 1.76. The number of rotatable bonds is 3. The lowest BCUT2D eigenvalue weighted by Gasteiger charge is -2.11. The van der Waals surface area contributed by atoms with Crippen LogP contribution in [-0.4, -0.2) is 10.5 Å². The number of halogens is 2. The second-order valence-electron chi connectivity index (χ2n) is 4.48. The summed E-state index contributed by atoms with van der Waals surface area (Å²) in [5, 5.41) is 2.74. The normalized spacial score (nSPS) is 10.4. The first kappa shape index (κ1) is 15.8. The van der Waals surface area contributed by atoms with E-state index in [9.17, 15) is 9.59 Å². The van der Waals surface area contributed by atoms with E-state index in [0.29, 0.717) is 21.4 Å². The zero-order chi connectivity index (χ0) is 15.6. The zero-order valence-corrected chi connectivity index (χ0v) is 14.4. The summed E-state index contributed by atoms with van der Waals surface area (Å²) in [6, 6.07) is 7.25. The minimum Gasteiger partial charge on any atom is -0.397 e. The molecular formula is C14H13Br2N3O2. The summed E-state index contributed by atoms with van der Waals surface area (Å²) in [6.45, 7) is 1.63. The van der Waals surface area contributed by atoms with E-state index < -0.39 is 0 Å². The molecule has 0 atom stereocenters. The summed E-state index contributed by atoms with van der Waals surface area (Å²) in [4.78, 5) is 24.1. The lowest BCUT2D eigenvalue weighted by molar-refractivity contribution is -0.116. The first-order chi connectivity index (χ1) is 9.90. The minimum absolute atomic E-state index is 0.108. The molecule has 0 unspecified atom stereocenters. The van der Waals surface area contributed by atoms with Crippen LogP contribution in [-0.2, 0) is 11.3 Å². The summed E-state index contributed by atoms with van der Waals surface area (Å²) in [7, 11) is 0. The highest BCUT2D eigenvalue weighted by atomic mass is 79.9. The molecule has 0 saturated carbocycles. The Hall–Kier alpha value is -1.60. The van der Waals surface area contributed by atoms with Gasteiger partial charge in [-0.05, 0) is 56.5 Å². The molecule has 1 aromatic carbocycles. The van der Waals surface area contributed by atoms with Gasteiger partial charge in [-0.3, -0.25) is 9.59 Å². The Kier molecular flexibility index (Phi) is 4.84. The quantitative estimate of drug-likeness (QED) is 0.810. The number of benzene rings is 1. The summed E-state index contributed by atoms with van der Waals surface area (Å²) < 4.78 is 2.42. The molecule has 0 saturated heterocycles. The highest BCUT2D eigenvalue weighted by Crippen LogP contribution is 2.21. The van der Waals surface area contributed by atoms with Gasteiger partial charge in [-0.1, -0.05) is 12.1 Å². The standard InChI is InChI=1S/C14H13Br2N3O2/c1-8-10(17)6-19(14(21)13(8)16)7-12(20)18-11-5-3-2-4-9(11)15/h2-6H,7,17H2,1H3,(H,18,20). The Morgan fingerprint density at radius 3 is 2.67 bits per heavy atom. The molecule has 0 aliphatic rings. The number of amides is 1. The fraction of sp³-hybridized carbons (Fsp3) is 0.143. The van der Waals surface area contributed by atoms with E-state index in [-0.39, 0.29) is 18.0 Å². The number of anilines is 2. The van der Waals surface area contributed by atoms with Crippen LogP contribution >= 0.6 is 31.9 Å². The second kappa shape index (κ2) is 6.44. The molecule has 21 heavy (non-hydrogen) atoms. The van der Waals surface area contributed by atoms with Crippen LogP contribution in [0.1, 0.15) is 5.56 Å². The van der Waals surface area contributed by atoms with E-state index in [1.165, 1.54) is 10.8 Å². The van der Waals surface area contributed by atoms with E-state index in [2.05, 4.69) is 37.2 Å². The molecule has 5 nitrogen and oxygen atoms in total. The molecular weight excluding hydrogens is 402 g/mol. The topological polar surface area (TPSA) is 77.1 Å². The molecule has 1 heterocycles. The van der Waals surface area contributed by atoms with Gasteiger partial charge in [0, 0.05) is 10.7 Å². The molecule has 2 aromatic rings. The van der Waals surface area contributed by atoms with E-state index in [1.54, 1.807) is 13.0 Å². The predicted octanol–water partition coefficient (Wildman–Crippen LogP) is 2.90. The third kappa shape index (κ3) is 3.54. The number of nitrogens with two attached hydrogens (primary N) is 1. The highest BCUT2D eigenvalue weighted by Gasteiger charge is 2.12. The van der Waals surface area contributed by atoms with Crippen LogP contribution in [0.4, 0.5) is 11.4 Å². The highest BCUT2D eigenvalue weighted by molar-refractivity contribution is 9.10. The van der Waals surface area contributed by atoms with E-state index in [4.69, 9.17) is 5.73 Å². The van der Waals surface area contributed by atoms with Gasteiger partial charge in [-0.15, -0.1) is 0 Å². The molecule has 0 aliphatic heterocycles. The van der Waals surface area contributed by atoms with Crippen molar-refractivity contribution in [3.63, 3.8) is 0 Å². The summed E-state index contributed by atoms with van der Waals surface area (Å²) in [6.07, 6.45) is 1.47. The number of hydrogen-bond donors (Lipinski definition) is 2. The van der Waals surface area contributed by atoms with Gasteiger partial charge in [0.15, 0.2) is 0 Å². The van der Waals surface area contributed by atoms with Crippen molar-refractivity contribution in [2.45, 2.75) is 13.5 Å². The largest absolute Gasteiger partial charge is 0.397 e. The number of carbonyl (C=O) groups excluding carboxylic acids is 1. The molecule has 2 rings (SSSR count). The average molecular weight is 415 g/mol. The number of nitrogens with one attached hydrogen (secondary N) is 1. The van der Waals surface area contributed by atoms with Gasteiger partial charge in [-0.25, -0.2) is 0 Å². The SMILES string of the molecule is Cc1c(N)cn(CC(=O)Nc2ccccc2Br)c(=O)c1Br. The maximum Gasteiger partial charge on any atom is 0.265 e. The molecule has 0 spiro atoms. The lowest BCUT2D eigenvalue weighted by Crippen LogP contribution is -2.28. The summed E-state index contributed by atoms with van der Waals surface area (Å²) in [5.74, 6) is -0.306. The Morgan fingerprint density at radius 1 is 1.33 bits per heavy atom. The van der Waals surface area contributed by atoms with Crippen molar-refractivity contribution in [2.24, 2.45) is 0 Å². The van der Waals surface area contributed by atoms with Gasteiger partial charge >= 0.3 is 0 Å². The minimum atomic E-state index is -0.306. The van der Waals surface area contributed by atoms with Crippen molar-refractivity contribution in [1.29, 1.82) is 0 Å². The van der Waals surface area contributed by atoms with Gasteiger partial charge in [0.25, 0.3) is 5.56 Å². The maximum absolute atomic E-state index is 12.1. The van der Waals surface area contributed by atoms with E-state index in [0.717, 1.165) is 4.47 Å². The fourth-order valence-corrected chi connectivity index (χ4v) is 2.60. The Bertz CT molecular complexity index is 756. The van der Waals surface area contributed by atoms with E-state index in [1.807, 2.05) is 18.2 Å². The Morgan fingerprint density at radius 2 is 2.00 bits per heavy atom. The Balaban J connectivity index is 2.21. The van der Waals surface area contributed by atoms with Gasteiger partial charge < -0.3 is 15.6 Å². The average Bonchev–Trinajstić information content (AvgIpc) is 2.45. The van der Waals surface area contributed by atoms with Crippen molar-refractivity contribution in [3.8, 4) is 0 Å². The predicted molar refractivity (Wildman–Crippen MR) is 90.3 cm³/mol. The number of aromatic nitrogens is 1. The van der Waals surface area contributed by atoms with Gasteiger partial charge in [0.05, 0.1) is 15.8 Å². The second-order valence-corrected chi connectivity index (χ2v) is 6.13. The van der Waals surface area contributed by atoms with Crippen LogP contribution in [0.15, 0.2) is 44.2 Å². The molecule has 3 N–H and O–H groups in total. The number of carbonyl (C=O) groups is 1. The van der Waals surface area contributed by atoms with E-state index >= 15 is 0 Å². The number of pyridine rings is 1. The number of nitrogens with zero attached hydrogens (tertiary/aromatic N) is 1. The Labute approximate surface area is 138 Å². The third-order valence-corrected chi connectivity index (χ3v) is 4.59. The molecule has 1 amide bonds.